The van der Waals surface area contributed by atoms with E-state index < -0.39 is 0 Å². The van der Waals surface area contributed by atoms with Gasteiger partial charge < -0.3 is 5.32 Å². The molecule has 2 aromatic heterocycles. The van der Waals surface area contributed by atoms with Crippen molar-refractivity contribution in [3.63, 3.8) is 0 Å². The zero-order chi connectivity index (χ0) is 15.8. The lowest BCUT2D eigenvalue weighted by molar-refractivity contribution is 0.662. The fourth-order valence-corrected chi connectivity index (χ4v) is 3.28. The highest BCUT2D eigenvalue weighted by atomic mass is 15.4. The molecule has 0 radical (unpaired) electrons. The SMILES string of the molecule is CCc1cccc(Nc2c3c(nc4nc(C)nn24)CCCC3)c1. The average molecular weight is 307 g/mol. The van der Waals surface area contributed by atoms with E-state index >= 15 is 0 Å². The van der Waals surface area contributed by atoms with Gasteiger partial charge in [0.05, 0.1) is 5.69 Å². The van der Waals surface area contributed by atoms with E-state index in [1.54, 1.807) is 0 Å². The fraction of sp³-hybridized carbons (Fsp3) is 0.389. The Hall–Kier alpha value is -2.43. The lowest BCUT2D eigenvalue weighted by atomic mass is 9.96. The number of hydrogen-bond acceptors (Lipinski definition) is 4. The van der Waals surface area contributed by atoms with Gasteiger partial charge in [-0.2, -0.15) is 9.50 Å². The molecule has 5 heteroatoms. The van der Waals surface area contributed by atoms with Crippen LogP contribution in [0.15, 0.2) is 24.3 Å². The number of benzene rings is 1. The van der Waals surface area contributed by atoms with Crippen LogP contribution >= 0.6 is 0 Å². The van der Waals surface area contributed by atoms with E-state index in [1.165, 1.54) is 29.7 Å². The Kier molecular flexibility index (Phi) is 3.48. The van der Waals surface area contributed by atoms with Crippen LogP contribution in [-0.2, 0) is 19.3 Å². The van der Waals surface area contributed by atoms with E-state index in [4.69, 9.17) is 4.98 Å². The van der Waals surface area contributed by atoms with Gasteiger partial charge in [0.1, 0.15) is 11.6 Å². The zero-order valence-electron chi connectivity index (χ0n) is 13.6. The van der Waals surface area contributed by atoms with E-state index in [2.05, 4.69) is 46.6 Å². The van der Waals surface area contributed by atoms with Gasteiger partial charge in [0, 0.05) is 11.3 Å². The highest BCUT2D eigenvalue weighted by Crippen LogP contribution is 2.29. The maximum atomic E-state index is 4.72. The maximum absolute atomic E-state index is 4.72. The minimum atomic E-state index is 0.692. The molecule has 0 atom stereocenters. The van der Waals surface area contributed by atoms with Crippen LogP contribution in [0.4, 0.5) is 11.5 Å². The van der Waals surface area contributed by atoms with E-state index in [-0.39, 0.29) is 0 Å². The molecular formula is C18H21N5. The predicted molar refractivity (Wildman–Crippen MR) is 91.3 cm³/mol. The highest BCUT2D eigenvalue weighted by Gasteiger charge is 2.20. The quantitative estimate of drug-likeness (QED) is 0.803. The molecule has 0 spiro atoms. The number of aryl methyl sites for hydroxylation is 3. The predicted octanol–water partition coefficient (Wildman–Crippen LogP) is 3.62. The van der Waals surface area contributed by atoms with Crippen molar-refractivity contribution >= 4 is 17.3 Å². The number of rotatable bonds is 3. The fourth-order valence-electron chi connectivity index (χ4n) is 3.28. The topological polar surface area (TPSA) is 55.1 Å². The lowest BCUT2D eigenvalue weighted by Crippen LogP contribution is -2.13. The summed E-state index contributed by atoms with van der Waals surface area (Å²) >= 11 is 0. The van der Waals surface area contributed by atoms with Gasteiger partial charge in [-0.25, -0.2) is 4.98 Å². The lowest BCUT2D eigenvalue weighted by Gasteiger charge is -2.20. The second kappa shape index (κ2) is 5.65. The number of anilines is 2. The summed E-state index contributed by atoms with van der Waals surface area (Å²) in [5, 5.41) is 8.12. The third-order valence-electron chi connectivity index (χ3n) is 4.47. The Morgan fingerprint density at radius 2 is 2.04 bits per heavy atom. The van der Waals surface area contributed by atoms with Crippen molar-refractivity contribution in [1.29, 1.82) is 0 Å². The van der Waals surface area contributed by atoms with Gasteiger partial charge in [0.25, 0.3) is 5.78 Å². The number of nitrogens with zero attached hydrogens (tertiary/aromatic N) is 4. The van der Waals surface area contributed by atoms with Gasteiger partial charge in [0.15, 0.2) is 0 Å². The number of nitrogens with one attached hydrogen (secondary N) is 1. The van der Waals surface area contributed by atoms with Gasteiger partial charge in [0.2, 0.25) is 0 Å². The summed E-state index contributed by atoms with van der Waals surface area (Å²) in [6, 6.07) is 8.55. The van der Waals surface area contributed by atoms with Crippen molar-refractivity contribution in [1.82, 2.24) is 19.6 Å². The molecule has 0 fully saturated rings. The molecule has 118 valence electrons. The summed E-state index contributed by atoms with van der Waals surface area (Å²) < 4.78 is 1.86. The average Bonchev–Trinajstić information content (AvgIpc) is 2.95. The zero-order valence-corrected chi connectivity index (χ0v) is 13.6. The molecule has 2 heterocycles. The van der Waals surface area contributed by atoms with Crippen LogP contribution in [0, 0.1) is 6.92 Å². The third kappa shape index (κ3) is 2.56. The smallest absolute Gasteiger partial charge is 0.254 e. The Bertz CT molecular complexity index is 865. The van der Waals surface area contributed by atoms with Crippen LogP contribution in [0.1, 0.15) is 42.4 Å². The molecule has 0 aliphatic heterocycles. The van der Waals surface area contributed by atoms with Crippen LogP contribution in [0.2, 0.25) is 0 Å². The molecule has 0 saturated heterocycles. The summed E-state index contributed by atoms with van der Waals surface area (Å²) in [5.41, 5.74) is 4.88. The largest absolute Gasteiger partial charge is 0.340 e. The number of fused-ring (bicyclic) bond motifs is 2. The first-order valence-corrected chi connectivity index (χ1v) is 8.35. The van der Waals surface area contributed by atoms with Crippen molar-refractivity contribution < 1.29 is 0 Å². The molecular weight excluding hydrogens is 286 g/mol. The molecule has 3 aromatic rings. The van der Waals surface area contributed by atoms with E-state index in [0.29, 0.717) is 5.78 Å². The second-order valence-electron chi connectivity index (χ2n) is 6.14. The van der Waals surface area contributed by atoms with Gasteiger partial charge in [-0.05, 0) is 56.7 Å². The van der Waals surface area contributed by atoms with Gasteiger partial charge in [-0.1, -0.05) is 19.1 Å². The van der Waals surface area contributed by atoms with Gasteiger partial charge >= 0.3 is 0 Å². The van der Waals surface area contributed by atoms with Gasteiger partial charge in [-0.15, -0.1) is 5.10 Å². The molecule has 1 aliphatic rings. The first kappa shape index (κ1) is 14.2. The van der Waals surface area contributed by atoms with Crippen LogP contribution in [-0.4, -0.2) is 19.6 Å². The monoisotopic (exact) mass is 307 g/mol. The Morgan fingerprint density at radius 1 is 1.17 bits per heavy atom. The molecule has 0 bridgehead atoms. The van der Waals surface area contributed by atoms with Crippen LogP contribution in [0.3, 0.4) is 0 Å². The van der Waals surface area contributed by atoms with Crippen LogP contribution in [0.25, 0.3) is 5.78 Å². The molecule has 1 aromatic carbocycles. The normalized spacial score (nSPS) is 14.0. The second-order valence-corrected chi connectivity index (χ2v) is 6.14. The molecule has 5 nitrogen and oxygen atoms in total. The van der Waals surface area contributed by atoms with E-state index in [0.717, 1.165) is 36.6 Å². The first-order chi connectivity index (χ1) is 11.2. The molecule has 1 N–H and O–H groups in total. The Labute approximate surface area is 135 Å². The molecule has 0 saturated carbocycles. The van der Waals surface area contributed by atoms with Gasteiger partial charge in [-0.3, -0.25) is 0 Å². The molecule has 4 rings (SSSR count). The van der Waals surface area contributed by atoms with Crippen LogP contribution in [0.5, 0.6) is 0 Å². The van der Waals surface area contributed by atoms with Crippen molar-refractivity contribution in [2.45, 2.75) is 46.0 Å². The first-order valence-electron chi connectivity index (χ1n) is 8.35. The van der Waals surface area contributed by atoms with Crippen molar-refractivity contribution in [3.8, 4) is 0 Å². The van der Waals surface area contributed by atoms with Crippen molar-refractivity contribution in [3.05, 3.63) is 46.9 Å². The standard InChI is InChI=1S/C18H21N5/c1-3-13-7-6-8-14(11-13)20-17-15-9-4-5-10-16(15)21-18-19-12(2)22-23(17)18/h6-8,11,20H,3-5,9-10H2,1-2H3. The molecule has 0 amide bonds. The third-order valence-corrected chi connectivity index (χ3v) is 4.47. The summed E-state index contributed by atoms with van der Waals surface area (Å²) in [5.74, 6) is 2.47. The minimum absolute atomic E-state index is 0.692. The Morgan fingerprint density at radius 3 is 2.91 bits per heavy atom. The van der Waals surface area contributed by atoms with Crippen molar-refractivity contribution in [2.75, 3.05) is 5.32 Å². The summed E-state index contributed by atoms with van der Waals surface area (Å²) in [6.07, 6.45) is 5.52. The molecule has 1 aliphatic carbocycles. The van der Waals surface area contributed by atoms with E-state index in [1.807, 2.05) is 11.4 Å². The molecule has 23 heavy (non-hydrogen) atoms. The maximum Gasteiger partial charge on any atom is 0.254 e. The van der Waals surface area contributed by atoms with Crippen molar-refractivity contribution in [2.24, 2.45) is 0 Å². The number of hydrogen-bond donors (Lipinski definition) is 1. The van der Waals surface area contributed by atoms with E-state index in [9.17, 15) is 0 Å². The summed E-state index contributed by atoms with van der Waals surface area (Å²) in [7, 11) is 0. The summed E-state index contributed by atoms with van der Waals surface area (Å²) in [6.45, 7) is 4.08. The summed E-state index contributed by atoms with van der Waals surface area (Å²) in [4.78, 5) is 9.18. The highest BCUT2D eigenvalue weighted by molar-refractivity contribution is 5.64. The molecule has 0 unspecified atom stereocenters. The minimum Gasteiger partial charge on any atom is -0.340 e. The Balaban J connectivity index is 1.86. The number of aromatic nitrogens is 4. The van der Waals surface area contributed by atoms with Crippen LogP contribution < -0.4 is 5.32 Å².